The van der Waals surface area contributed by atoms with Gasteiger partial charge >= 0.3 is 6.16 Å². The molecule has 0 N–H and O–H groups in total. The minimum atomic E-state index is -0.537. The Hall–Kier alpha value is -0.730. The zero-order valence-corrected chi connectivity index (χ0v) is 8.84. The molecule has 0 radical (unpaired) electrons. The second-order valence-electron chi connectivity index (χ2n) is 2.97. The molecule has 0 rings (SSSR count). The Morgan fingerprint density at radius 1 is 1.31 bits per heavy atom. The van der Waals surface area contributed by atoms with Crippen LogP contribution in [-0.2, 0) is 9.47 Å². The van der Waals surface area contributed by atoms with Gasteiger partial charge in [0.15, 0.2) is 0 Å². The summed E-state index contributed by atoms with van der Waals surface area (Å²) in [5.41, 5.74) is 0. The topological polar surface area (TPSA) is 35.5 Å². The maximum atomic E-state index is 10.9. The Bertz CT molecular complexity index is 134. The van der Waals surface area contributed by atoms with Gasteiger partial charge in [0.05, 0.1) is 6.61 Å². The first-order valence-electron chi connectivity index (χ1n) is 5.07. The third-order valence-electron chi connectivity index (χ3n) is 1.86. The van der Waals surface area contributed by atoms with Crippen LogP contribution in [-0.4, -0.2) is 18.9 Å². The first kappa shape index (κ1) is 12.3. The highest BCUT2D eigenvalue weighted by Gasteiger charge is 2.11. The van der Waals surface area contributed by atoms with Crippen molar-refractivity contribution < 1.29 is 14.3 Å². The van der Waals surface area contributed by atoms with Crippen LogP contribution in [0.2, 0.25) is 0 Å². The summed E-state index contributed by atoms with van der Waals surface area (Å²) < 4.78 is 9.77. The maximum Gasteiger partial charge on any atom is 0.508 e. The van der Waals surface area contributed by atoms with E-state index < -0.39 is 6.16 Å². The van der Waals surface area contributed by atoms with E-state index >= 15 is 0 Å². The minimum absolute atomic E-state index is 0.0269. The third-order valence-corrected chi connectivity index (χ3v) is 1.86. The molecule has 0 saturated carbocycles. The van der Waals surface area contributed by atoms with Crippen molar-refractivity contribution in [3.05, 3.63) is 0 Å². The van der Waals surface area contributed by atoms with Crippen molar-refractivity contribution in [2.45, 2.75) is 52.6 Å². The fourth-order valence-electron chi connectivity index (χ4n) is 1.07. The Morgan fingerprint density at radius 2 is 2.00 bits per heavy atom. The number of carbonyl (C=O) groups excluding carboxylic acids is 1. The smallest absolute Gasteiger partial charge is 0.435 e. The summed E-state index contributed by atoms with van der Waals surface area (Å²) in [5.74, 6) is 0. The molecule has 0 aliphatic heterocycles. The highest BCUT2D eigenvalue weighted by molar-refractivity contribution is 5.60. The molecule has 13 heavy (non-hydrogen) atoms. The summed E-state index contributed by atoms with van der Waals surface area (Å²) in [6.45, 7) is 6.29. The predicted molar refractivity (Wildman–Crippen MR) is 51.7 cm³/mol. The van der Waals surface area contributed by atoms with Crippen molar-refractivity contribution in [3.8, 4) is 0 Å². The lowest BCUT2D eigenvalue weighted by Crippen LogP contribution is -2.18. The van der Waals surface area contributed by atoms with Gasteiger partial charge in [0.1, 0.15) is 6.10 Å². The summed E-state index contributed by atoms with van der Waals surface area (Å²) in [7, 11) is 0. The second kappa shape index (κ2) is 7.90. The van der Waals surface area contributed by atoms with Crippen LogP contribution in [0.15, 0.2) is 0 Å². The van der Waals surface area contributed by atoms with Crippen LogP contribution < -0.4 is 0 Å². The molecule has 3 nitrogen and oxygen atoms in total. The zero-order chi connectivity index (χ0) is 10.1. The van der Waals surface area contributed by atoms with Gasteiger partial charge < -0.3 is 9.47 Å². The summed E-state index contributed by atoms with van der Waals surface area (Å²) in [6.07, 6.45) is 3.51. The number of ether oxygens (including phenoxy) is 2. The summed E-state index contributed by atoms with van der Waals surface area (Å²) in [4.78, 5) is 10.9. The highest BCUT2D eigenvalue weighted by Crippen LogP contribution is 2.09. The highest BCUT2D eigenvalue weighted by atomic mass is 16.7. The first-order chi connectivity index (χ1) is 6.24. The maximum absolute atomic E-state index is 10.9. The molecule has 3 heteroatoms. The molecule has 1 unspecified atom stereocenters. The quantitative estimate of drug-likeness (QED) is 0.601. The molecule has 1 atom stereocenters. The first-order valence-corrected chi connectivity index (χ1v) is 5.07. The molecule has 0 amide bonds. The van der Waals surface area contributed by atoms with E-state index in [0.29, 0.717) is 6.61 Å². The Balaban J connectivity index is 3.62. The Labute approximate surface area is 80.4 Å². The lowest BCUT2D eigenvalue weighted by Gasteiger charge is -2.14. The van der Waals surface area contributed by atoms with E-state index in [4.69, 9.17) is 9.47 Å². The van der Waals surface area contributed by atoms with Gasteiger partial charge in [-0.1, -0.05) is 26.7 Å². The Morgan fingerprint density at radius 3 is 2.46 bits per heavy atom. The standard InChI is InChI=1S/C10H20O3/c1-4-7-8-9(5-2)13-10(11)12-6-3/h9H,4-8H2,1-3H3. The van der Waals surface area contributed by atoms with Gasteiger partial charge in [-0.15, -0.1) is 0 Å². The minimum Gasteiger partial charge on any atom is -0.435 e. The van der Waals surface area contributed by atoms with Gasteiger partial charge in [-0.05, 0) is 19.8 Å². The van der Waals surface area contributed by atoms with Gasteiger partial charge in [-0.2, -0.15) is 0 Å². The van der Waals surface area contributed by atoms with Crippen LogP contribution in [0.3, 0.4) is 0 Å². The zero-order valence-electron chi connectivity index (χ0n) is 8.84. The molecular weight excluding hydrogens is 168 g/mol. The van der Waals surface area contributed by atoms with E-state index in [1.165, 1.54) is 0 Å². The fourth-order valence-corrected chi connectivity index (χ4v) is 1.07. The largest absolute Gasteiger partial charge is 0.508 e. The predicted octanol–water partition coefficient (Wildman–Crippen LogP) is 3.13. The summed E-state index contributed by atoms with van der Waals surface area (Å²) in [6, 6.07) is 0. The van der Waals surface area contributed by atoms with E-state index in [-0.39, 0.29) is 6.10 Å². The number of carbonyl (C=O) groups is 1. The van der Waals surface area contributed by atoms with Crippen molar-refractivity contribution in [2.24, 2.45) is 0 Å². The van der Waals surface area contributed by atoms with Gasteiger partial charge in [-0.25, -0.2) is 4.79 Å². The second-order valence-corrected chi connectivity index (χ2v) is 2.97. The Kier molecular flexibility index (Phi) is 7.45. The average Bonchev–Trinajstić information content (AvgIpc) is 2.12. The van der Waals surface area contributed by atoms with Crippen LogP contribution in [0.25, 0.3) is 0 Å². The normalized spacial score (nSPS) is 12.2. The average molecular weight is 188 g/mol. The molecule has 0 aliphatic carbocycles. The molecule has 0 spiro atoms. The fraction of sp³-hybridized carbons (Fsp3) is 0.900. The number of hydrogen-bond donors (Lipinski definition) is 0. The van der Waals surface area contributed by atoms with Crippen molar-refractivity contribution in [3.63, 3.8) is 0 Å². The van der Waals surface area contributed by atoms with Crippen LogP contribution in [0.5, 0.6) is 0 Å². The molecule has 0 fully saturated rings. The molecule has 78 valence electrons. The summed E-state index contributed by atoms with van der Waals surface area (Å²) >= 11 is 0. The van der Waals surface area contributed by atoms with Gasteiger partial charge in [0, 0.05) is 0 Å². The van der Waals surface area contributed by atoms with Crippen molar-refractivity contribution in [2.75, 3.05) is 6.61 Å². The molecule has 0 aromatic carbocycles. The van der Waals surface area contributed by atoms with Crippen molar-refractivity contribution in [1.29, 1.82) is 0 Å². The number of unbranched alkanes of at least 4 members (excludes halogenated alkanes) is 1. The van der Waals surface area contributed by atoms with Crippen LogP contribution in [0, 0.1) is 0 Å². The van der Waals surface area contributed by atoms with Crippen molar-refractivity contribution in [1.82, 2.24) is 0 Å². The lowest BCUT2D eigenvalue weighted by molar-refractivity contribution is 0.0215. The van der Waals surface area contributed by atoms with Crippen LogP contribution >= 0.6 is 0 Å². The number of hydrogen-bond acceptors (Lipinski definition) is 3. The summed E-state index contributed by atoms with van der Waals surface area (Å²) in [5, 5.41) is 0. The lowest BCUT2D eigenvalue weighted by atomic mass is 10.1. The van der Waals surface area contributed by atoms with E-state index in [0.717, 1.165) is 25.7 Å². The monoisotopic (exact) mass is 188 g/mol. The molecule has 0 aliphatic rings. The van der Waals surface area contributed by atoms with Crippen molar-refractivity contribution >= 4 is 6.16 Å². The van der Waals surface area contributed by atoms with Gasteiger partial charge in [-0.3, -0.25) is 0 Å². The van der Waals surface area contributed by atoms with E-state index in [9.17, 15) is 4.79 Å². The third kappa shape index (κ3) is 6.43. The number of rotatable bonds is 6. The molecule has 0 bridgehead atoms. The molecular formula is C10H20O3. The molecule has 0 aromatic heterocycles. The SMILES string of the molecule is CCCCC(CC)OC(=O)OCC. The molecule has 0 saturated heterocycles. The van der Waals surface area contributed by atoms with E-state index in [1.54, 1.807) is 6.92 Å². The molecule has 0 aromatic rings. The van der Waals surface area contributed by atoms with Gasteiger partial charge in [0.25, 0.3) is 0 Å². The van der Waals surface area contributed by atoms with Crippen LogP contribution in [0.1, 0.15) is 46.5 Å². The van der Waals surface area contributed by atoms with Crippen LogP contribution in [0.4, 0.5) is 4.79 Å². The van der Waals surface area contributed by atoms with Gasteiger partial charge in [0.2, 0.25) is 0 Å². The molecule has 0 heterocycles. The van der Waals surface area contributed by atoms with E-state index in [2.05, 4.69) is 6.92 Å². The van der Waals surface area contributed by atoms with E-state index in [1.807, 2.05) is 6.92 Å².